The third-order valence-corrected chi connectivity index (χ3v) is 4.76. The number of hydrogen-bond acceptors (Lipinski definition) is 3. The molecule has 2 atom stereocenters. The topological polar surface area (TPSA) is 68.9 Å². The number of amides is 1. The highest BCUT2D eigenvalue weighted by molar-refractivity contribution is 5.94. The van der Waals surface area contributed by atoms with Gasteiger partial charge in [-0.25, -0.2) is 0 Å². The predicted octanol–water partition coefficient (Wildman–Crippen LogP) is 2.17. The fourth-order valence-electron chi connectivity index (χ4n) is 3.14. The molecule has 2 aromatic heterocycles. The largest absolute Gasteiger partial charge is 0.349 e. The summed E-state index contributed by atoms with van der Waals surface area (Å²) in [4.78, 5) is 24.7. The fourth-order valence-corrected chi connectivity index (χ4v) is 3.14. The molecule has 1 aliphatic carbocycles. The zero-order valence-corrected chi connectivity index (χ0v) is 14.7. The minimum Gasteiger partial charge on any atom is -0.349 e. The molecular weight excluding hydrogens is 328 g/mol. The Morgan fingerprint density at radius 2 is 1.92 bits per heavy atom. The van der Waals surface area contributed by atoms with Crippen molar-refractivity contribution in [3.05, 3.63) is 82.0 Å². The highest BCUT2D eigenvalue weighted by Gasteiger charge is 2.39. The van der Waals surface area contributed by atoms with Gasteiger partial charge in [-0.2, -0.15) is 5.10 Å². The lowest BCUT2D eigenvalue weighted by Crippen LogP contribution is -2.28. The fraction of sp³-hybridized carbons (Fsp3) is 0.250. The van der Waals surface area contributed by atoms with Crippen LogP contribution in [-0.2, 0) is 7.05 Å². The molecule has 1 saturated carbocycles. The Kier molecular flexibility index (Phi) is 3.95. The van der Waals surface area contributed by atoms with Gasteiger partial charge < -0.3 is 5.32 Å². The summed E-state index contributed by atoms with van der Waals surface area (Å²) in [5.74, 6) is 0.200. The zero-order chi connectivity index (χ0) is 18.3. The van der Waals surface area contributed by atoms with Crippen LogP contribution in [0.4, 0.5) is 0 Å². The molecule has 6 nitrogen and oxygen atoms in total. The number of nitrogens with zero attached hydrogens (tertiary/aromatic N) is 3. The Morgan fingerprint density at radius 1 is 1.15 bits per heavy atom. The van der Waals surface area contributed by atoms with Crippen LogP contribution in [0.25, 0.3) is 5.69 Å². The van der Waals surface area contributed by atoms with Gasteiger partial charge in [0.1, 0.15) is 0 Å². The number of hydrogen-bond donors (Lipinski definition) is 1. The van der Waals surface area contributed by atoms with Gasteiger partial charge in [0.25, 0.3) is 11.5 Å². The number of carbonyl (C=O) groups excluding carboxylic acids is 1. The molecule has 2 heterocycles. The average molecular weight is 348 g/mol. The van der Waals surface area contributed by atoms with Crippen molar-refractivity contribution >= 4 is 5.91 Å². The number of aromatic nitrogens is 3. The standard InChI is InChI=1S/C20H20N4O2/c1-13-3-5-14(6-4-13)17-9-18(17)22-20(26)15-7-8-19(25)24(11-15)16-10-21-23(2)12-16/h3-8,10-12,17-18H,9H2,1-2H3,(H,22,26)/t17-,18+/m0/s1. The Morgan fingerprint density at radius 3 is 2.62 bits per heavy atom. The van der Waals surface area contributed by atoms with E-state index in [1.165, 1.54) is 21.8 Å². The molecule has 1 N–H and O–H groups in total. The molecule has 132 valence electrons. The Balaban J connectivity index is 1.49. The van der Waals surface area contributed by atoms with Crippen LogP contribution in [0.2, 0.25) is 0 Å². The second-order valence-corrected chi connectivity index (χ2v) is 6.83. The van der Waals surface area contributed by atoms with Crippen LogP contribution in [0.5, 0.6) is 0 Å². The molecule has 0 unspecified atom stereocenters. The summed E-state index contributed by atoms with van der Waals surface area (Å²) in [6.45, 7) is 2.06. The number of aryl methyl sites for hydroxylation is 2. The highest BCUT2D eigenvalue weighted by Crippen LogP contribution is 2.40. The van der Waals surface area contributed by atoms with E-state index in [1.807, 2.05) is 0 Å². The van der Waals surface area contributed by atoms with Gasteiger partial charge in [-0.1, -0.05) is 29.8 Å². The smallest absolute Gasteiger partial charge is 0.255 e. The Labute approximate surface area is 151 Å². The first-order valence-corrected chi connectivity index (χ1v) is 8.60. The summed E-state index contributed by atoms with van der Waals surface area (Å²) in [7, 11) is 1.78. The van der Waals surface area contributed by atoms with Crippen molar-refractivity contribution in [3.63, 3.8) is 0 Å². The summed E-state index contributed by atoms with van der Waals surface area (Å²) >= 11 is 0. The number of benzene rings is 1. The molecule has 0 saturated heterocycles. The number of pyridine rings is 1. The quantitative estimate of drug-likeness (QED) is 0.786. The van der Waals surface area contributed by atoms with Gasteiger partial charge >= 0.3 is 0 Å². The molecule has 0 bridgehead atoms. The molecule has 1 amide bonds. The third kappa shape index (κ3) is 3.18. The van der Waals surface area contributed by atoms with E-state index in [0.717, 1.165) is 6.42 Å². The van der Waals surface area contributed by atoms with Crippen LogP contribution >= 0.6 is 0 Å². The monoisotopic (exact) mass is 348 g/mol. The lowest BCUT2D eigenvalue weighted by molar-refractivity contribution is 0.0949. The van der Waals surface area contributed by atoms with Gasteiger partial charge in [0.15, 0.2) is 0 Å². The number of nitrogens with one attached hydrogen (secondary N) is 1. The second-order valence-electron chi connectivity index (χ2n) is 6.83. The minimum absolute atomic E-state index is 0.143. The molecule has 0 spiro atoms. The zero-order valence-electron chi connectivity index (χ0n) is 14.7. The molecule has 0 aliphatic heterocycles. The second kappa shape index (κ2) is 6.29. The Hall–Kier alpha value is -3.15. The van der Waals surface area contributed by atoms with Crippen molar-refractivity contribution < 1.29 is 4.79 Å². The highest BCUT2D eigenvalue weighted by atomic mass is 16.2. The summed E-state index contributed by atoms with van der Waals surface area (Å²) in [6, 6.07) is 11.5. The average Bonchev–Trinajstić information content (AvgIpc) is 3.25. The van der Waals surface area contributed by atoms with Crippen LogP contribution in [0.15, 0.2) is 59.8 Å². The maximum atomic E-state index is 12.6. The van der Waals surface area contributed by atoms with E-state index < -0.39 is 0 Å². The van der Waals surface area contributed by atoms with Crippen molar-refractivity contribution in [3.8, 4) is 5.69 Å². The van der Waals surface area contributed by atoms with Crippen molar-refractivity contribution in [2.45, 2.75) is 25.3 Å². The molecule has 1 fully saturated rings. The lowest BCUT2D eigenvalue weighted by atomic mass is 10.1. The van der Waals surface area contributed by atoms with Crippen LogP contribution in [0.3, 0.4) is 0 Å². The van der Waals surface area contributed by atoms with E-state index in [0.29, 0.717) is 17.2 Å². The van der Waals surface area contributed by atoms with Crippen LogP contribution in [0.1, 0.15) is 33.8 Å². The maximum absolute atomic E-state index is 12.6. The Bertz CT molecular complexity index is 1020. The van der Waals surface area contributed by atoms with E-state index in [9.17, 15) is 9.59 Å². The SMILES string of the molecule is Cc1ccc([C@@H]2C[C@H]2NC(=O)c2ccc(=O)n(-c3cnn(C)c3)c2)cc1. The van der Waals surface area contributed by atoms with Gasteiger partial charge in [0.05, 0.1) is 17.4 Å². The van der Waals surface area contributed by atoms with E-state index in [-0.39, 0.29) is 17.5 Å². The van der Waals surface area contributed by atoms with Crippen LogP contribution in [0, 0.1) is 6.92 Å². The van der Waals surface area contributed by atoms with Gasteiger partial charge in [-0.05, 0) is 25.0 Å². The first-order valence-electron chi connectivity index (χ1n) is 8.60. The van der Waals surface area contributed by atoms with E-state index in [2.05, 4.69) is 41.6 Å². The third-order valence-electron chi connectivity index (χ3n) is 4.76. The van der Waals surface area contributed by atoms with Gasteiger partial charge in [-0.15, -0.1) is 0 Å². The maximum Gasteiger partial charge on any atom is 0.255 e. The van der Waals surface area contributed by atoms with Crippen LogP contribution in [-0.4, -0.2) is 26.3 Å². The summed E-state index contributed by atoms with van der Waals surface area (Å²) in [5.41, 5.74) is 3.38. The summed E-state index contributed by atoms with van der Waals surface area (Å²) < 4.78 is 3.05. The van der Waals surface area contributed by atoms with Gasteiger partial charge in [0.2, 0.25) is 0 Å². The summed E-state index contributed by atoms with van der Waals surface area (Å²) in [5, 5.41) is 7.13. The number of rotatable bonds is 4. The van der Waals surface area contributed by atoms with Crippen molar-refractivity contribution in [1.29, 1.82) is 0 Å². The lowest BCUT2D eigenvalue weighted by Gasteiger charge is -2.08. The van der Waals surface area contributed by atoms with E-state index >= 15 is 0 Å². The van der Waals surface area contributed by atoms with Crippen molar-refractivity contribution in [1.82, 2.24) is 19.7 Å². The normalized spacial score (nSPS) is 18.5. The molecule has 6 heteroatoms. The molecule has 1 aromatic carbocycles. The van der Waals surface area contributed by atoms with E-state index in [1.54, 1.807) is 36.4 Å². The van der Waals surface area contributed by atoms with Crippen molar-refractivity contribution in [2.75, 3.05) is 0 Å². The predicted molar refractivity (Wildman–Crippen MR) is 98.6 cm³/mol. The molecule has 4 rings (SSSR count). The molecular formula is C20H20N4O2. The minimum atomic E-state index is -0.196. The molecule has 26 heavy (non-hydrogen) atoms. The van der Waals surface area contributed by atoms with Crippen LogP contribution < -0.4 is 10.9 Å². The number of carbonyl (C=O) groups is 1. The molecule has 0 radical (unpaired) electrons. The van der Waals surface area contributed by atoms with Gasteiger partial charge in [0, 0.05) is 37.5 Å². The molecule has 3 aromatic rings. The van der Waals surface area contributed by atoms with E-state index in [4.69, 9.17) is 0 Å². The molecule has 1 aliphatic rings. The first kappa shape index (κ1) is 16.3. The van der Waals surface area contributed by atoms with Gasteiger partial charge in [-0.3, -0.25) is 18.8 Å². The van der Waals surface area contributed by atoms with Crippen molar-refractivity contribution in [2.24, 2.45) is 7.05 Å². The summed E-state index contributed by atoms with van der Waals surface area (Å²) in [6.07, 6.45) is 5.84. The first-order chi connectivity index (χ1) is 12.5.